The Morgan fingerprint density at radius 1 is 0.692 bits per heavy atom. The number of aromatic nitrogens is 1. The molecule has 0 atom stereocenters. The minimum absolute atomic E-state index is 0.0923. The summed E-state index contributed by atoms with van der Waals surface area (Å²) in [6.07, 6.45) is -1.71. The molecular weight excluding hydrogens is 688 g/mol. The minimum atomic E-state index is -4.55. The van der Waals surface area contributed by atoms with Gasteiger partial charge in [0.2, 0.25) is 15.9 Å². The van der Waals surface area contributed by atoms with Gasteiger partial charge in [-0.05, 0) is 80.9 Å². The van der Waals surface area contributed by atoms with Gasteiger partial charge >= 0.3 is 6.18 Å². The number of aliphatic hydroxyl groups excluding tert-OH is 1. The molecule has 0 aliphatic heterocycles. The summed E-state index contributed by atoms with van der Waals surface area (Å²) in [5.74, 6) is -0.567. The van der Waals surface area contributed by atoms with Crippen molar-refractivity contribution in [3.05, 3.63) is 174 Å². The first-order valence-corrected chi connectivity index (χ1v) is 17.8. The van der Waals surface area contributed by atoms with E-state index >= 15 is 0 Å². The van der Waals surface area contributed by atoms with Crippen molar-refractivity contribution in [1.82, 2.24) is 9.29 Å². The Balaban J connectivity index is 1.16. The number of amides is 1. The van der Waals surface area contributed by atoms with E-state index in [1.165, 1.54) is 22.5 Å². The predicted octanol–water partition coefficient (Wildman–Crippen LogP) is 8.50. The Morgan fingerprint density at radius 2 is 1.29 bits per heavy atom. The third-order valence-electron chi connectivity index (χ3n) is 8.56. The number of carbonyl (C=O) groups is 1. The molecule has 11 heteroatoms. The summed E-state index contributed by atoms with van der Waals surface area (Å²) in [5.41, 5.74) is 5.03. The van der Waals surface area contributed by atoms with Crippen LogP contribution >= 0.6 is 0 Å². The minimum Gasteiger partial charge on any atom is -0.392 e. The molecule has 5 aromatic carbocycles. The SMILES string of the molecule is O=C(Cc1ccccc1C(F)(F)F)Nc1ccc(-c2ccc(CN(Cc3cccnc3)S(=O)(=O)c3ccc(-c4ccccc4CO)cc3)cc2)cc1. The second-order valence-corrected chi connectivity index (χ2v) is 14.1. The number of pyridine rings is 1. The zero-order chi connectivity index (χ0) is 36.7. The van der Waals surface area contributed by atoms with Crippen molar-refractivity contribution in [2.24, 2.45) is 0 Å². The number of aliphatic hydroxyl groups is 1. The first-order valence-electron chi connectivity index (χ1n) is 16.3. The van der Waals surface area contributed by atoms with Gasteiger partial charge in [0.05, 0.1) is 23.5 Å². The molecule has 1 amide bonds. The molecule has 0 aliphatic carbocycles. The Hall–Kier alpha value is -5.62. The number of benzene rings is 5. The molecule has 0 fully saturated rings. The summed E-state index contributed by atoms with van der Waals surface area (Å²) < 4.78 is 69.5. The van der Waals surface area contributed by atoms with Gasteiger partial charge in [0, 0.05) is 31.2 Å². The molecule has 264 valence electrons. The van der Waals surface area contributed by atoms with Crippen molar-refractivity contribution in [2.75, 3.05) is 5.32 Å². The van der Waals surface area contributed by atoms with Gasteiger partial charge in [-0.15, -0.1) is 0 Å². The number of hydrogen-bond donors (Lipinski definition) is 2. The van der Waals surface area contributed by atoms with Crippen LogP contribution in [0.3, 0.4) is 0 Å². The van der Waals surface area contributed by atoms with Gasteiger partial charge in [0.25, 0.3) is 0 Å². The third kappa shape index (κ3) is 8.63. The largest absolute Gasteiger partial charge is 0.416 e. The second-order valence-electron chi connectivity index (χ2n) is 12.1. The highest BCUT2D eigenvalue weighted by Gasteiger charge is 2.33. The van der Waals surface area contributed by atoms with Crippen molar-refractivity contribution in [1.29, 1.82) is 0 Å². The van der Waals surface area contributed by atoms with Gasteiger partial charge in [-0.3, -0.25) is 9.78 Å². The molecule has 0 saturated carbocycles. The van der Waals surface area contributed by atoms with E-state index in [0.29, 0.717) is 5.69 Å². The molecular formula is C41H34F3N3O4S. The van der Waals surface area contributed by atoms with Gasteiger partial charge < -0.3 is 10.4 Å². The maximum Gasteiger partial charge on any atom is 0.416 e. The molecule has 52 heavy (non-hydrogen) atoms. The third-order valence-corrected chi connectivity index (χ3v) is 10.4. The molecule has 0 saturated heterocycles. The summed E-state index contributed by atoms with van der Waals surface area (Å²) in [6.45, 7) is 0.0568. The summed E-state index contributed by atoms with van der Waals surface area (Å²) in [5, 5.41) is 12.4. The molecule has 2 N–H and O–H groups in total. The summed E-state index contributed by atoms with van der Waals surface area (Å²) in [7, 11) is -3.95. The first-order chi connectivity index (χ1) is 25.0. The van der Waals surface area contributed by atoms with Crippen LogP contribution in [0.25, 0.3) is 22.3 Å². The van der Waals surface area contributed by atoms with Crippen molar-refractivity contribution in [2.45, 2.75) is 37.2 Å². The summed E-state index contributed by atoms with van der Waals surface area (Å²) in [4.78, 5) is 16.9. The van der Waals surface area contributed by atoms with Gasteiger partial charge in [0.15, 0.2) is 0 Å². The molecule has 0 aliphatic rings. The lowest BCUT2D eigenvalue weighted by Crippen LogP contribution is -2.30. The van der Waals surface area contributed by atoms with E-state index in [1.807, 2.05) is 54.6 Å². The normalized spacial score (nSPS) is 11.8. The van der Waals surface area contributed by atoms with E-state index in [9.17, 15) is 31.5 Å². The van der Waals surface area contributed by atoms with E-state index in [2.05, 4.69) is 10.3 Å². The molecule has 6 rings (SSSR count). The van der Waals surface area contributed by atoms with Crippen molar-refractivity contribution >= 4 is 21.6 Å². The average molecular weight is 722 g/mol. The molecule has 1 aromatic heterocycles. The van der Waals surface area contributed by atoms with Gasteiger partial charge in [0.1, 0.15) is 0 Å². The molecule has 1 heterocycles. The van der Waals surface area contributed by atoms with Crippen LogP contribution in [-0.4, -0.2) is 28.7 Å². The monoisotopic (exact) mass is 721 g/mol. The quantitative estimate of drug-likeness (QED) is 0.132. The van der Waals surface area contributed by atoms with E-state index in [0.717, 1.165) is 45.0 Å². The predicted molar refractivity (Wildman–Crippen MR) is 194 cm³/mol. The zero-order valence-electron chi connectivity index (χ0n) is 27.8. The number of hydrogen-bond acceptors (Lipinski definition) is 5. The van der Waals surface area contributed by atoms with Crippen LogP contribution in [0.15, 0.2) is 151 Å². The lowest BCUT2D eigenvalue weighted by Gasteiger charge is -2.23. The molecule has 0 radical (unpaired) electrons. The van der Waals surface area contributed by atoms with Gasteiger partial charge in [-0.1, -0.05) is 97.1 Å². The summed E-state index contributed by atoms with van der Waals surface area (Å²) in [6, 6.07) is 37.0. The molecule has 7 nitrogen and oxygen atoms in total. The number of anilines is 1. The van der Waals surface area contributed by atoms with E-state index in [1.54, 1.807) is 67.0 Å². The van der Waals surface area contributed by atoms with Crippen molar-refractivity contribution < 1.29 is 31.5 Å². The van der Waals surface area contributed by atoms with Crippen LogP contribution in [0.1, 0.15) is 27.8 Å². The number of carbonyl (C=O) groups excluding carboxylic acids is 1. The fraction of sp³-hybridized carbons (Fsp3) is 0.122. The Bertz CT molecular complexity index is 2250. The second kappa shape index (κ2) is 15.7. The highest BCUT2D eigenvalue weighted by atomic mass is 32.2. The maximum atomic E-state index is 14.1. The van der Waals surface area contributed by atoms with Crippen molar-refractivity contribution in [3.8, 4) is 22.3 Å². The number of sulfonamides is 1. The highest BCUT2D eigenvalue weighted by Crippen LogP contribution is 2.32. The van der Waals surface area contributed by atoms with Crippen LogP contribution in [0.4, 0.5) is 18.9 Å². The van der Waals surface area contributed by atoms with Gasteiger partial charge in [-0.25, -0.2) is 8.42 Å². The molecule has 0 spiro atoms. The topological polar surface area (TPSA) is 99.6 Å². The number of alkyl halides is 3. The average Bonchev–Trinajstić information content (AvgIpc) is 3.15. The fourth-order valence-electron chi connectivity index (χ4n) is 5.90. The Kier molecular flexibility index (Phi) is 10.9. The van der Waals surface area contributed by atoms with E-state index in [4.69, 9.17) is 0 Å². The van der Waals surface area contributed by atoms with Crippen LogP contribution in [-0.2, 0) is 47.1 Å². The van der Waals surface area contributed by atoms with Crippen LogP contribution in [0.5, 0.6) is 0 Å². The number of nitrogens with one attached hydrogen (secondary N) is 1. The summed E-state index contributed by atoms with van der Waals surface area (Å²) >= 11 is 0. The highest BCUT2D eigenvalue weighted by molar-refractivity contribution is 7.89. The smallest absolute Gasteiger partial charge is 0.392 e. The van der Waals surface area contributed by atoms with Crippen LogP contribution in [0, 0.1) is 0 Å². The van der Waals surface area contributed by atoms with E-state index < -0.39 is 34.1 Å². The number of halogens is 3. The maximum absolute atomic E-state index is 14.1. The Labute approximate surface area is 300 Å². The lowest BCUT2D eigenvalue weighted by atomic mass is 10.0. The number of nitrogens with zero attached hydrogens (tertiary/aromatic N) is 2. The van der Waals surface area contributed by atoms with Crippen LogP contribution in [0.2, 0.25) is 0 Å². The molecule has 0 bridgehead atoms. The van der Waals surface area contributed by atoms with Gasteiger partial charge in [-0.2, -0.15) is 17.5 Å². The van der Waals surface area contributed by atoms with Crippen molar-refractivity contribution in [3.63, 3.8) is 0 Å². The fourth-order valence-corrected chi connectivity index (χ4v) is 7.31. The standard InChI is InChI=1S/C41H34F3N3O4S/c42-41(43,44)39-10-4-2-7-34(39)24-40(49)46-36-19-15-32(16-20-36)31-13-11-29(12-14-31)26-47(27-30-6-5-23-45-25-30)52(50,51)37-21-17-33(18-22-37)38-9-3-1-8-35(38)28-48/h1-23,25,48H,24,26-28H2,(H,46,49). The molecule has 6 aromatic rings. The van der Waals surface area contributed by atoms with E-state index in [-0.39, 0.29) is 30.2 Å². The zero-order valence-corrected chi connectivity index (χ0v) is 28.6. The first kappa shape index (κ1) is 36.2. The van der Waals surface area contributed by atoms with Crippen LogP contribution < -0.4 is 5.32 Å². The number of rotatable bonds is 12. The molecule has 0 unspecified atom stereocenters. The lowest BCUT2D eigenvalue weighted by molar-refractivity contribution is -0.138. The Morgan fingerprint density at radius 3 is 1.92 bits per heavy atom.